The van der Waals surface area contributed by atoms with Crippen molar-refractivity contribution in [1.82, 2.24) is 15.3 Å². The van der Waals surface area contributed by atoms with Crippen molar-refractivity contribution in [3.8, 4) is 11.5 Å². The van der Waals surface area contributed by atoms with Crippen LogP contribution < -0.4 is 20.1 Å². The van der Waals surface area contributed by atoms with Gasteiger partial charge < -0.3 is 20.1 Å². The highest BCUT2D eigenvalue weighted by atomic mass is 32.1. The number of ether oxygens (including phenoxy) is 2. The summed E-state index contributed by atoms with van der Waals surface area (Å²) in [6, 6.07) is 18.0. The second-order valence-electron chi connectivity index (χ2n) is 7.95. The summed E-state index contributed by atoms with van der Waals surface area (Å²) in [5, 5.41) is 7.94. The molecule has 168 valence electrons. The predicted octanol–water partition coefficient (Wildman–Crippen LogP) is 5.16. The van der Waals surface area contributed by atoms with Crippen LogP contribution in [0.2, 0.25) is 0 Å². The zero-order valence-corrected chi connectivity index (χ0v) is 19.1. The van der Waals surface area contributed by atoms with Crippen molar-refractivity contribution in [3.05, 3.63) is 78.1 Å². The fourth-order valence-electron chi connectivity index (χ4n) is 3.95. The van der Waals surface area contributed by atoms with Crippen molar-refractivity contribution in [2.75, 3.05) is 25.1 Å². The molecule has 4 heterocycles. The standard InChI is InChI=1S/C17H16N4.C9H10O2S/c1-2-4-16-12(3-1)9-14(11-20-16)21-17-15-6-7-18-10-13(15)5-8-19-17;12-7-2-3-8-9(6-7)11-5-1-4-10-8/h1-5,8-9,11,18H,6-7,10H2,(H,19,21);2-3,6,12H,1,4-5H2. The first-order valence-corrected chi connectivity index (χ1v) is 11.6. The molecule has 0 saturated heterocycles. The summed E-state index contributed by atoms with van der Waals surface area (Å²) >= 11 is 4.22. The van der Waals surface area contributed by atoms with Gasteiger partial charge in [0, 0.05) is 35.0 Å². The molecule has 2 aliphatic heterocycles. The number of nitrogens with zero attached hydrogens (tertiary/aromatic N) is 2. The van der Waals surface area contributed by atoms with Crippen molar-refractivity contribution in [2.24, 2.45) is 0 Å². The molecule has 6 rings (SSSR count). The van der Waals surface area contributed by atoms with Crippen molar-refractivity contribution in [3.63, 3.8) is 0 Å². The number of benzene rings is 2. The molecule has 0 bridgehead atoms. The third kappa shape index (κ3) is 5.21. The van der Waals surface area contributed by atoms with Gasteiger partial charge in [-0.3, -0.25) is 4.98 Å². The van der Waals surface area contributed by atoms with Crippen LogP contribution in [-0.4, -0.2) is 29.7 Å². The van der Waals surface area contributed by atoms with E-state index >= 15 is 0 Å². The molecule has 2 N–H and O–H groups in total. The minimum atomic E-state index is 0.726. The van der Waals surface area contributed by atoms with E-state index in [0.717, 1.165) is 77.9 Å². The Hall–Kier alpha value is -3.29. The Morgan fingerprint density at radius 2 is 1.82 bits per heavy atom. The minimum absolute atomic E-state index is 0.726. The molecule has 2 aromatic heterocycles. The number of pyridine rings is 2. The number of hydrogen-bond acceptors (Lipinski definition) is 7. The molecule has 0 saturated carbocycles. The van der Waals surface area contributed by atoms with Crippen molar-refractivity contribution >= 4 is 35.0 Å². The van der Waals surface area contributed by atoms with Crippen LogP contribution in [0, 0.1) is 0 Å². The van der Waals surface area contributed by atoms with Crippen LogP contribution in [0.4, 0.5) is 11.5 Å². The van der Waals surface area contributed by atoms with Gasteiger partial charge in [-0.05, 0) is 54.9 Å². The maximum Gasteiger partial charge on any atom is 0.162 e. The largest absolute Gasteiger partial charge is 0.490 e. The zero-order valence-electron chi connectivity index (χ0n) is 18.3. The predicted molar refractivity (Wildman–Crippen MR) is 134 cm³/mol. The number of aromatic nitrogens is 2. The summed E-state index contributed by atoms with van der Waals surface area (Å²) in [7, 11) is 0. The second-order valence-corrected chi connectivity index (χ2v) is 8.46. The Morgan fingerprint density at radius 1 is 0.939 bits per heavy atom. The van der Waals surface area contributed by atoms with Gasteiger partial charge in [-0.15, -0.1) is 12.6 Å². The quantitative estimate of drug-likeness (QED) is 0.361. The average Bonchev–Trinajstić information content (AvgIpc) is 3.10. The first-order chi connectivity index (χ1) is 16.3. The highest BCUT2D eigenvalue weighted by Crippen LogP contribution is 2.31. The summed E-state index contributed by atoms with van der Waals surface area (Å²) in [5.41, 5.74) is 4.63. The van der Waals surface area contributed by atoms with Gasteiger partial charge in [0.25, 0.3) is 0 Å². The van der Waals surface area contributed by atoms with E-state index in [4.69, 9.17) is 9.47 Å². The lowest BCUT2D eigenvalue weighted by atomic mass is 10.0. The monoisotopic (exact) mass is 458 g/mol. The highest BCUT2D eigenvalue weighted by molar-refractivity contribution is 7.80. The smallest absolute Gasteiger partial charge is 0.162 e. The minimum Gasteiger partial charge on any atom is -0.490 e. The molecule has 7 heteroatoms. The zero-order chi connectivity index (χ0) is 22.5. The van der Waals surface area contributed by atoms with Gasteiger partial charge in [0.05, 0.1) is 30.6 Å². The number of thiol groups is 1. The van der Waals surface area contributed by atoms with Gasteiger partial charge in [-0.25, -0.2) is 4.98 Å². The topological polar surface area (TPSA) is 68.3 Å². The van der Waals surface area contributed by atoms with E-state index in [1.165, 1.54) is 11.1 Å². The average molecular weight is 459 g/mol. The van der Waals surface area contributed by atoms with Crippen molar-refractivity contribution < 1.29 is 9.47 Å². The van der Waals surface area contributed by atoms with Gasteiger partial charge in [0.2, 0.25) is 0 Å². The Kier molecular flexibility index (Phi) is 6.60. The summed E-state index contributed by atoms with van der Waals surface area (Å²) in [6.07, 6.45) is 5.68. The molecule has 0 atom stereocenters. The van der Waals surface area contributed by atoms with E-state index in [0.29, 0.717) is 0 Å². The fourth-order valence-corrected chi connectivity index (χ4v) is 4.14. The van der Waals surface area contributed by atoms with Gasteiger partial charge in [-0.1, -0.05) is 18.2 Å². The lowest BCUT2D eigenvalue weighted by Crippen LogP contribution is -2.24. The van der Waals surface area contributed by atoms with E-state index in [9.17, 15) is 0 Å². The molecule has 0 spiro atoms. The molecule has 2 aromatic carbocycles. The Bertz CT molecular complexity index is 1260. The molecular weight excluding hydrogens is 432 g/mol. The first kappa shape index (κ1) is 21.6. The van der Waals surface area contributed by atoms with E-state index in [1.807, 2.05) is 48.8 Å². The summed E-state index contributed by atoms with van der Waals surface area (Å²) in [5.74, 6) is 2.58. The number of rotatable bonds is 2. The first-order valence-electron chi connectivity index (χ1n) is 11.1. The lowest BCUT2D eigenvalue weighted by molar-refractivity contribution is 0.297. The molecule has 33 heavy (non-hydrogen) atoms. The number of nitrogens with one attached hydrogen (secondary N) is 2. The molecule has 4 aromatic rings. The fraction of sp³-hybridized carbons (Fsp3) is 0.231. The van der Waals surface area contributed by atoms with Gasteiger partial charge in [0.15, 0.2) is 11.5 Å². The van der Waals surface area contributed by atoms with Crippen LogP contribution in [0.25, 0.3) is 10.9 Å². The number of fused-ring (bicyclic) bond motifs is 3. The van der Waals surface area contributed by atoms with Crippen molar-refractivity contribution in [1.29, 1.82) is 0 Å². The molecule has 0 aliphatic carbocycles. The second kappa shape index (κ2) is 10.1. The van der Waals surface area contributed by atoms with Crippen LogP contribution in [0.1, 0.15) is 17.5 Å². The lowest BCUT2D eigenvalue weighted by Gasteiger charge is -2.20. The summed E-state index contributed by atoms with van der Waals surface area (Å²) in [6.45, 7) is 3.38. The van der Waals surface area contributed by atoms with E-state index in [1.54, 1.807) is 0 Å². The summed E-state index contributed by atoms with van der Waals surface area (Å²) < 4.78 is 10.9. The van der Waals surface area contributed by atoms with E-state index in [2.05, 4.69) is 51.4 Å². The molecular formula is C26H26N4O2S. The Balaban J connectivity index is 0.000000162. The van der Waals surface area contributed by atoms with Gasteiger partial charge >= 0.3 is 0 Å². The van der Waals surface area contributed by atoms with Gasteiger partial charge in [-0.2, -0.15) is 0 Å². The van der Waals surface area contributed by atoms with E-state index in [-0.39, 0.29) is 0 Å². The SMILES string of the molecule is Sc1ccc2c(c1)OCCCO2.c1ccc2ncc(Nc3nccc4c3CCNC4)cc2c1. The molecule has 0 amide bonds. The molecule has 0 fully saturated rings. The molecule has 6 nitrogen and oxygen atoms in total. The van der Waals surface area contributed by atoms with Crippen LogP contribution >= 0.6 is 12.6 Å². The molecule has 2 aliphatic rings. The molecule has 0 unspecified atom stereocenters. The maximum absolute atomic E-state index is 5.46. The maximum atomic E-state index is 5.46. The normalized spacial score (nSPS) is 14.5. The van der Waals surface area contributed by atoms with Crippen LogP contribution in [0.5, 0.6) is 11.5 Å². The number of hydrogen-bond donors (Lipinski definition) is 3. The van der Waals surface area contributed by atoms with Crippen LogP contribution in [0.3, 0.4) is 0 Å². The molecule has 0 radical (unpaired) electrons. The summed E-state index contributed by atoms with van der Waals surface area (Å²) in [4.78, 5) is 9.89. The third-order valence-electron chi connectivity index (χ3n) is 5.60. The van der Waals surface area contributed by atoms with Crippen molar-refractivity contribution in [2.45, 2.75) is 24.3 Å². The Morgan fingerprint density at radius 3 is 2.76 bits per heavy atom. The van der Waals surface area contributed by atoms with Crippen LogP contribution in [0.15, 0.2) is 71.9 Å². The number of anilines is 2. The van der Waals surface area contributed by atoms with E-state index < -0.39 is 0 Å². The van der Waals surface area contributed by atoms with Gasteiger partial charge in [0.1, 0.15) is 5.82 Å². The van der Waals surface area contributed by atoms with Crippen LogP contribution in [-0.2, 0) is 13.0 Å². The Labute approximate surface area is 198 Å². The number of para-hydroxylation sites is 1. The third-order valence-corrected chi connectivity index (χ3v) is 5.88. The highest BCUT2D eigenvalue weighted by Gasteiger charge is 2.14.